The third-order valence-corrected chi connectivity index (χ3v) is 11.8. The van der Waals surface area contributed by atoms with Gasteiger partial charge in [0.15, 0.2) is 0 Å². The van der Waals surface area contributed by atoms with Crippen molar-refractivity contribution in [1.82, 2.24) is 0 Å². The largest absolute Gasteiger partial charge is 0.135 e. The molecule has 46 heavy (non-hydrogen) atoms. The SMILES string of the molecule is [HH].[HH].[HH].[HH].[HH].[HH].[HH].[HH].[HH].[HH].[HH].c1ccc(-c2c3ccccc3c(-c3ccc(-c4ccc5c(c4)sc4ccc6c7ccccc7sc6c45)cc3)c3ccccc23)cc1. The second kappa shape index (κ2) is 10.1. The summed E-state index contributed by atoms with van der Waals surface area (Å²) in [6.45, 7) is 0. The second-order valence-corrected chi connectivity index (χ2v) is 14.1. The third-order valence-electron chi connectivity index (χ3n) is 9.48. The van der Waals surface area contributed by atoms with E-state index in [1.807, 2.05) is 22.7 Å². The molecular weight excluding hydrogens is 593 g/mol. The first-order valence-electron chi connectivity index (χ1n) is 15.7. The number of rotatable bonds is 3. The molecule has 0 unspecified atom stereocenters. The van der Waals surface area contributed by atoms with E-state index in [1.54, 1.807) is 0 Å². The van der Waals surface area contributed by atoms with Crippen LogP contribution >= 0.6 is 22.7 Å². The van der Waals surface area contributed by atoms with Crippen molar-refractivity contribution in [1.29, 1.82) is 0 Å². The van der Waals surface area contributed by atoms with E-state index in [2.05, 4.69) is 158 Å². The molecule has 2 heteroatoms. The highest BCUT2D eigenvalue weighted by Crippen LogP contribution is 2.46. The topological polar surface area (TPSA) is 0 Å². The van der Waals surface area contributed by atoms with Crippen molar-refractivity contribution in [2.45, 2.75) is 0 Å². The van der Waals surface area contributed by atoms with Crippen LogP contribution in [0.4, 0.5) is 0 Å². The fourth-order valence-electron chi connectivity index (χ4n) is 7.41. The maximum Gasteiger partial charge on any atom is 0.0448 e. The predicted molar refractivity (Wildman–Crippen MR) is 227 cm³/mol. The number of fused-ring (bicyclic) bond motifs is 9. The molecule has 236 valence electrons. The Kier molecular flexibility index (Phi) is 5.72. The zero-order valence-corrected chi connectivity index (χ0v) is 26.5. The van der Waals surface area contributed by atoms with E-state index in [1.165, 1.54) is 95.3 Å². The van der Waals surface area contributed by atoms with E-state index in [0.29, 0.717) is 0 Å². The van der Waals surface area contributed by atoms with Gasteiger partial charge in [-0.2, -0.15) is 0 Å². The lowest BCUT2D eigenvalue weighted by Crippen LogP contribution is -1.90. The van der Waals surface area contributed by atoms with Gasteiger partial charge in [0.25, 0.3) is 0 Å². The molecule has 0 fully saturated rings. The van der Waals surface area contributed by atoms with E-state index in [0.717, 1.165) is 0 Å². The smallest absolute Gasteiger partial charge is 0.0448 e. The summed E-state index contributed by atoms with van der Waals surface area (Å²) in [7, 11) is 0. The molecule has 2 aromatic heterocycles. The average molecular weight is 641 g/mol. The molecule has 0 atom stereocenters. The highest BCUT2D eigenvalue weighted by atomic mass is 32.1. The molecule has 0 bridgehead atoms. The number of thiophene rings is 2. The van der Waals surface area contributed by atoms with Crippen LogP contribution in [0.25, 0.3) is 95.3 Å². The van der Waals surface area contributed by atoms with Crippen molar-refractivity contribution >= 4 is 84.6 Å². The van der Waals surface area contributed by atoms with Crippen LogP contribution < -0.4 is 0 Å². The lowest BCUT2D eigenvalue weighted by Gasteiger charge is -2.18. The number of hydrogen-bond donors (Lipinski definition) is 0. The van der Waals surface area contributed by atoms with Gasteiger partial charge in [-0.15, -0.1) is 22.7 Å². The molecule has 0 amide bonds. The molecule has 0 saturated heterocycles. The molecule has 0 saturated carbocycles. The Bertz CT molecular complexity index is 2760. The van der Waals surface area contributed by atoms with Gasteiger partial charge in [0.2, 0.25) is 0 Å². The van der Waals surface area contributed by atoms with Gasteiger partial charge in [-0.25, -0.2) is 0 Å². The van der Waals surface area contributed by atoms with Gasteiger partial charge in [0.05, 0.1) is 0 Å². The van der Waals surface area contributed by atoms with E-state index in [4.69, 9.17) is 0 Å². The molecule has 0 N–H and O–H groups in total. The lowest BCUT2D eigenvalue weighted by molar-refractivity contribution is 1.63. The van der Waals surface area contributed by atoms with Crippen molar-refractivity contribution in [2.24, 2.45) is 0 Å². The van der Waals surface area contributed by atoms with Gasteiger partial charge < -0.3 is 0 Å². The molecular formula is C44H48S2. The third kappa shape index (κ3) is 3.84. The van der Waals surface area contributed by atoms with E-state index in [-0.39, 0.29) is 15.7 Å². The second-order valence-electron chi connectivity index (χ2n) is 12.0. The molecule has 0 spiro atoms. The zero-order valence-electron chi connectivity index (χ0n) is 24.8. The van der Waals surface area contributed by atoms with Crippen molar-refractivity contribution < 1.29 is 15.7 Å². The zero-order chi connectivity index (χ0) is 30.2. The van der Waals surface area contributed by atoms with Gasteiger partial charge >= 0.3 is 0 Å². The summed E-state index contributed by atoms with van der Waals surface area (Å²) < 4.78 is 5.46. The summed E-state index contributed by atoms with van der Waals surface area (Å²) in [5.74, 6) is 0. The molecule has 2 heterocycles. The predicted octanol–water partition coefficient (Wildman–Crippen LogP) is 16.4. The lowest BCUT2D eigenvalue weighted by atomic mass is 9.86. The Labute approximate surface area is 290 Å². The Morgan fingerprint density at radius 3 is 1.50 bits per heavy atom. The van der Waals surface area contributed by atoms with Crippen LogP contribution in [0.5, 0.6) is 0 Å². The average Bonchev–Trinajstić information content (AvgIpc) is 3.69. The first-order valence-corrected chi connectivity index (χ1v) is 17.3. The normalized spacial score (nSPS) is 11.9. The van der Waals surface area contributed by atoms with Gasteiger partial charge in [0.1, 0.15) is 0 Å². The highest BCUT2D eigenvalue weighted by molar-refractivity contribution is 7.29. The van der Waals surface area contributed by atoms with Gasteiger partial charge in [-0.3, -0.25) is 0 Å². The highest BCUT2D eigenvalue weighted by Gasteiger charge is 2.17. The van der Waals surface area contributed by atoms with Gasteiger partial charge in [0, 0.05) is 56.0 Å². The van der Waals surface area contributed by atoms with Gasteiger partial charge in [-0.05, 0) is 73.1 Å². The summed E-state index contributed by atoms with van der Waals surface area (Å²) in [6.07, 6.45) is 0. The Morgan fingerprint density at radius 2 is 0.826 bits per heavy atom. The molecule has 8 aromatic carbocycles. The summed E-state index contributed by atoms with van der Waals surface area (Å²) in [5.41, 5.74) is 7.59. The molecule has 10 aromatic rings. The molecule has 0 aliphatic rings. The quantitative estimate of drug-likeness (QED) is 0.169. The van der Waals surface area contributed by atoms with Crippen LogP contribution in [-0.4, -0.2) is 0 Å². The first-order chi connectivity index (χ1) is 22.8. The molecule has 10 rings (SSSR count). The van der Waals surface area contributed by atoms with Crippen LogP contribution in [-0.2, 0) is 0 Å². The van der Waals surface area contributed by atoms with Crippen molar-refractivity contribution in [3.05, 3.63) is 158 Å². The summed E-state index contributed by atoms with van der Waals surface area (Å²) in [4.78, 5) is 0. The maximum absolute atomic E-state index is 2.38. The van der Waals surface area contributed by atoms with E-state index < -0.39 is 0 Å². The number of hydrogen-bond acceptors (Lipinski definition) is 2. The summed E-state index contributed by atoms with van der Waals surface area (Å²) >= 11 is 3.82. The fourth-order valence-corrected chi connectivity index (χ4v) is 9.89. The Hall–Kier alpha value is -5.28. The monoisotopic (exact) mass is 640 g/mol. The van der Waals surface area contributed by atoms with Crippen LogP contribution in [0.3, 0.4) is 0 Å². The fraction of sp³-hybridized carbons (Fsp3) is 0. The van der Waals surface area contributed by atoms with Crippen LogP contribution in [0.15, 0.2) is 158 Å². The van der Waals surface area contributed by atoms with Crippen LogP contribution in [0.2, 0.25) is 0 Å². The molecule has 0 radical (unpaired) electrons. The summed E-state index contributed by atoms with van der Waals surface area (Å²) in [5, 5.41) is 10.6. The van der Waals surface area contributed by atoms with Crippen molar-refractivity contribution in [2.75, 3.05) is 0 Å². The van der Waals surface area contributed by atoms with Crippen molar-refractivity contribution in [3.63, 3.8) is 0 Å². The van der Waals surface area contributed by atoms with E-state index in [9.17, 15) is 0 Å². The minimum absolute atomic E-state index is 0. The van der Waals surface area contributed by atoms with Crippen molar-refractivity contribution in [3.8, 4) is 33.4 Å². The number of benzene rings is 8. The standard InChI is InChI=1S/C44H26S2.11H2/c1-2-10-28(11-3-1)41-32-13-4-6-15-34(32)42(35-16-7-5-14-33(35)41)29-20-18-27(19-21-29)30-22-23-37-40(26-30)45-39-25-24-36-31-12-8-9-17-38(31)46-44(36)43(37)39;;;;;;;;;;;/h1-26H;11*1H. The molecule has 0 aliphatic carbocycles. The molecule has 0 aliphatic heterocycles. The van der Waals surface area contributed by atoms with Crippen LogP contribution in [0, 0.1) is 0 Å². The first kappa shape index (κ1) is 26.0. The summed E-state index contributed by atoms with van der Waals surface area (Å²) in [6, 6.07) is 58.2. The minimum atomic E-state index is 0. The Morgan fingerprint density at radius 1 is 0.304 bits per heavy atom. The Balaban J connectivity index is 0. The van der Waals surface area contributed by atoms with E-state index >= 15 is 0 Å². The van der Waals surface area contributed by atoms with Crippen LogP contribution in [0.1, 0.15) is 15.7 Å². The minimum Gasteiger partial charge on any atom is -0.135 e. The van der Waals surface area contributed by atoms with Gasteiger partial charge in [-0.1, -0.05) is 140 Å². The maximum atomic E-state index is 2.38. The molecule has 0 nitrogen and oxygen atoms in total.